The molecule has 0 aliphatic carbocycles. The van der Waals surface area contributed by atoms with Crippen LogP contribution in [0.1, 0.15) is 30.8 Å². The molecule has 4 heteroatoms. The molecule has 4 nitrogen and oxygen atoms in total. The predicted molar refractivity (Wildman–Crippen MR) is 85.3 cm³/mol. The topological polar surface area (TPSA) is 36.7 Å². The average molecular weight is 300 g/mol. The third-order valence-electron chi connectivity index (χ3n) is 5.58. The van der Waals surface area contributed by atoms with E-state index in [0.717, 1.165) is 30.7 Å². The lowest BCUT2D eigenvalue weighted by Gasteiger charge is -2.33. The smallest absolute Gasteiger partial charge is 0.246 e. The molecule has 0 spiro atoms. The lowest BCUT2D eigenvalue weighted by molar-refractivity contribution is -0.125. The highest BCUT2D eigenvalue weighted by Gasteiger charge is 2.47. The van der Waals surface area contributed by atoms with Gasteiger partial charge >= 0.3 is 0 Å². The lowest BCUT2D eigenvalue weighted by Crippen LogP contribution is -2.40. The molecule has 1 aromatic heterocycles. The van der Waals surface area contributed by atoms with Crippen molar-refractivity contribution in [1.29, 1.82) is 0 Å². The third kappa shape index (κ3) is 2.50. The Hall–Kier alpha value is -1.55. The number of amides is 1. The van der Waals surface area contributed by atoms with Crippen LogP contribution in [0.15, 0.2) is 22.6 Å². The molecule has 22 heavy (non-hydrogen) atoms. The molecule has 3 saturated heterocycles. The summed E-state index contributed by atoms with van der Waals surface area (Å²) in [5.74, 6) is 3.14. The summed E-state index contributed by atoms with van der Waals surface area (Å²) in [6.07, 6.45) is 7.49. The number of nitrogens with zero attached hydrogens (tertiary/aromatic N) is 2. The van der Waals surface area contributed by atoms with Gasteiger partial charge in [0.25, 0.3) is 0 Å². The number of hydrogen-bond acceptors (Lipinski definition) is 3. The van der Waals surface area contributed by atoms with Gasteiger partial charge in [0, 0.05) is 31.8 Å². The van der Waals surface area contributed by atoms with Crippen molar-refractivity contribution in [2.75, 3.05) is 26.2 Å². The molecule has 0 radical (unpaired) electrons. The van der Waals surface area contributed by atoms with Gasteiger partial charge in [0.05, 0.1) is 0 Å². The number of hydrogen-bond donors (Lipinski definition) is 0. The monoisotopic (exact) mass is 300 g/mol. The number of piperidine rings is 1. The van der Waals surface area contributed by atoms with Crippen molar-refractivity contribution in [2.24, 2.45) is 11.8 Å². The number of carbonyl (C=O) groups excluding carboxylic acids is 1. The molecule has 0 saturated carbocycles. The molecular formula is C18H24N2O2. The van der Waals surface area contributed by atoms with E-state index in [1.54, 1.807) is 12.2 Å². The van der Waals surface area contributed by atoms with E-state index in [9.17, 15) is 4.79 Å². The van der Waals surface area contributed by atoms with Crippen molar-refractivity contribution < 1.29 is 9.21 Å². The quantitative estimate of drug-likeness (QED) is 0.788. The Morgan fingerprint density at radius 3 is 3.00 bits per heavy atom. The Bertz CT molecular complexity index is 592. The Morgan fingerprint density at radius 2 is 2.18 bits per heavy atom. The molecular weight excluding hydrogens is 276 g/mol. The van der Waals surface area contributed by atoms with Crippen molar-refractivity contribution >= 4 is 12.0 Å². The summed E-state index contributed by atoms with van der Waals surface area (Å²) in [7, 11) is 0. The second-order valence-corrected chi connectivity index (χ2v) is 7.01. The molecule has 0 unspecified atom stereocenters. The fourth-order valence-electron chi connectivity index (χ4n) is 4.54. The lowest BCUT2D eigenvalue weighted by atomic mass is 9.90. The van der Waals surface area contributed by atoms with Gasteiger partial charge in [0.15, 0.2) is 0 Å². The number of aryl methyl sites for hydroxylation is 1. The SMILES string of the molecule is Cc1ccc(/C=C/C(=O)N2C[C@@H]3CN4CCCC[C@@H]4[C@H]3C2)o1. The Labute approximate surface area is 131 Å². The average Bonchev–Trinajstić information content (AvgIpc) is 3.18. The van der Waals surface area contributed by atoms with E-state index >= 15 is 0 Å². The van der Waals surface area contributed by atoms with Crippen LogP contribution in [-0.4, -0.2) is 47.9 Å². The van der Waals surface area contributed by atoms with Crippen LogP contribution in [0.3, 0.4) is 0 Å². The molecule has 0 bridgehead atoms. The minimum absolute atomic E-state index is 0.130. The first-order valence-electron chi connectivity index (χ1n) is 8.48. The molecule has 4 rings (SSSR count). The van der Waals surface area contributed by atoms with Crippen molar-refractivity contribution in [2.45, 2.75) is 32.2 Å². The minimum atomic E-state index is 0.130. The third-order valence-corrected chi connectivity index (χ3v) is 5.58. The second-order valence-electron chi connectivity index (χ2n) is 7.01. The standard InChI is InChI=1S/C18H24N2O2/c1-13-5-6-15(22-13)7-8-18(21)20-11-14-10-19-9-3-2-4-17(19)16(14)12-20/h5-8,14,16-17H,2-4,9-12H2,1H3/b8-7+/t14-,16-,17+/m0/s1. The van der Waals surface area contributed by atoms with E-state index in [0.29, 0.717) is 11.8 Å². The summed E-state index contributed by atoms with van der Waals surface area (Å²) in [5, 5.41) is 0. The highest BCUT2D eigenvalue weighted by atomic mass is 16.3. The number of likely N-dealkylation sites (tertiary alicyclic amines) is 1. The maximum Gasteiger partial charge on any atom is 0.246 e. The first-order valence-corrected chi connectivity index (χ1v) is 8.48. The van der Waals surface area contributed by atoms with Gasteiger partial charge in [0.1, 0.15) is 11.5 Å². The maximum absolute atomic E-state index is 12.4. The van der Waals surface area contributed by atoms with Crippen LogP contribution >= 0.6 is 0 Å². The molecule has 0 aromatic carbocycles. The molecule has 3 aliphatic heterocycles. The number of furan rings is 1. The normalized spacial score (nSPS) is 31.7. The van der Waals surface area contributed by atoms with E-state index in [-0.39, 0.29) is 5.91 Å². The van der Waals surface area contributed by atoms with Gasteiger partial charge in [0.2, 0.25) is 5.91 Å². The van der Waals surface area contributed by atoms with Gasteiger partial charge in [-0.2, -0.15) is 0 Å². The first-order chi connectivity index (χ1) is 10.7. The molecule has 4 heterocycles. The predicted octanol–water partition coefficient (Wildman–Crippen LogP) is 2.54. The Balaban J connectivity index is 1.39. The fraction of sp³-hybridized carbons (Fsp3) is 0.611. The highest BCUT2D eigenvalue weighted by Crippen LogP contribution is 2.40. The zero-order valence-corrected chi connectivity index (χ0v) is 13.2. The second kappa shape index (κ2) is 5.58. The van der Waals surface area contributed by atoms with Gasteiger partial charge in [-0.3, -0.25) is 9.69 Å². The van der Waals surface area contributed by atoms with Crippen LogP contribution in [0.5, 0.6) is 0 Å². The summed E-state index contributed by atoms with van der Waals surface area (Å²) in [4.78, 5) is 17.1. The number of rotatable bonds is 2. The van der Waals surface area contributed by atoms with Crippen LogP contribution < -0.4 is 0 Å². The molecule has 0 N–H and O–H groups in total. The Morgan fingerprint density at radius 1 is 1.27 bits per heavy atom. The van der Waals surface area contributed by atoms with E-state index in [4.69, 9.17) is 4.42 Å². The van der Waals surface area contributed by atoms with E-state index in [1.165, 1.54) is 32.4 Å². The van der Waals surface area contributed by atoms with E-state index in [1.807, 2.05) is 24.0 Å². The van der Waals surface area contributed by atoms with Crippen molar-refractivity contribution in [3.63, 3.8) is 0 Å². The number of fused-ring (bicyclic) bond motifs is 3. The summed E-state index contributed by atoms with van der Waals surface area (Å²) >= 11 is 0. The molecule has 1 amide bonds. The van der Waals surface area contributed by atoms with Crippen LogP contribution in [0.25, 0.3) is 6.08 Å². The molecule has 3 atom stereocenters. The fourth-order valence-corrected chi connectivity index (χ4v) is 4.54. The molecule has 1 aromatic rings. The molecule has 118 valence electrons. The van der Waals surface area contributed by atoms with Gasteiger partial charge in [-0.05, 0) is 56.4 Å². The van der Waals surface area contributed by atoms with Crippen LogP contribution in [0, 0.1) is 18.8 Å². The van der Waals surface area contributed by atoms with E-state index < -0.39 is 0 Å². The summed E-state index contributed by atoms with van der Waals surface area (Å²) in [6, 6.07) is 4.55. The van der Waals surface area contributed by atoms with Gasteiger partial charge in [-0.25, -0.2) is 0 Å². The van der Waals surface area contributed by atoms with Crippen molar-refractivity contribution in [3.8, 4) is 0 Å². The first kappa shape index (κ1) is 14.1. The molecule has 3 fully saturated rings. The van der Waals surface area contributed by atoms with Crippen LogP contribution in [0.4, 0.5) is 0 Å². The summed E-state index contributed by atoms with van der Waals surface area (Å²) in [6.45, 7) is 6.24. The zero-order valence-electron chi connectivity index (χ0n) is 13.2. The van der Waals surface area contributed by atoms with Crippen molar-refractivity contribution in [3.05, 3.63) is 29.7 Å². The summed E-state index contributed by atoms with van der Waals surface area (Å²) < 4.78 is 5.48. The van der Waals surface area contributed by atoms with Crippen LogP contribution in [0.2, 0.25) is 0 Å². The minimum Gasteiger partial charge on any atom is -0.462 e. The van der Waals surface area contributed by atoms with E-state index in [2.05, 4.69) is 4.90 Å². The van der Waals surface area contributed by atoms with Crippen molar-refractivity contribution in [1.82, 2.24) is 9.80 Å². The zero-order chi connectivity index (χ0) is 15.1. The highest BCUT2D eigenvalue weighted by molar-refractivity contribution is 5.91. The molecule has 3 aliphatic rings. The van der Waals surface area contributed by atoms with Gasteiger partial charge < -0.3 is 9.32 Å². The number of carbonyl (C=O) groups is 1. The summed E-state index contributed by atoms with van der Waals surface area (Å²) in [5.41, 5.74) is 0. The van der Waals surface area contributed by atoms with Gasteiger partial charge in [-0.15, -0.1) is 0 Å². The van der Waals surface area contributed by atoms with Gasteiger partial charge in [-0.1, -0.05) is 6.42 Å². The Kier molecular flexibility index (Phi) is 3.57. The van der Waals surface area contributed by atoms with Crippen LogP contribution in [-0.2, 0) is 4.79 Å². The largest absolute Gasteiger partial charge is 0.462 e. The maximum atomic E-state index is 12.4.